The fourth-order valence-corrected chi connectivity index (χ4v) is 2.09. The molecule has 1 atom stereocenters. The number of ketones is 1. The minimum atomic E-state index is -0.673. The minimum Gasteiger partial charge on any atom is -0.445 e. The van der Waals surface area contributed by atoms with Crippen molar-refractivity contribution in [2.24, 2.45) is 5.92 Å². The van der Waals surface area contributed by atoms with Crippen molar-refractivity contribution < 1.29 is 14.3 Å². The highest BCUT2D eigenvalue weighted by atomic mass is 16.5. The van der Waals surface area contributed by atoms with Crippen molar-refractivity contribution in [3.05, 3.63) is 66.0 Å². The van der Waals surface area contributed by atoms with Crippen LogP contribution in [0.3, 0.4) is 0 Å². The molecule has 0 spiro atoms. The highest BCUT2D eigenvalue weighted by Gasteiger charge is 2.26. The molecule has 2 rings (SSSR count). The molecule has 0 saturated carbocycles. The van der Waals surface area contributed by atoms with E-state index in [9.17, 15) is 9.59 Å². The number of nitrogens with one attached hydrogen (secondary N) is 1. The lowest BCUT2D eigenvalue weighted by atomic mass is 9.98. The van der Waals surface area contributed by atoms with Gasteiger partial charge in [0.1, 0.15) is 12.3 Å². The number of ether oxygens (including phenoxy) is 1. The second-order valence-electron chi connectivity index (χ2n) is 5.51. The number of benzene rings is 1. The molecule has 120 valence electrons. The molecular weight excluding hydrogens is 292 g/mol. The quantitative estimate of drug-likeness (QED) is 0.832. The second-order valence-corrected chi connectivity index (χ2v) is 5.51. The number of rotatable bonds is 6. The third kappa shape index (κ3) is 4.92. The molecule has 2 aromatic rings. The van der Waals surface area contributed by atoms with E-state index in [-0.39, 0.29) is 18.3 Å². The van der Waals surface area contributed by atoms with E-state index in [4.69, 9.17) is 4.74 Å². The van der Waals surface area contributed by atoms with Gasteiger partial charge in [-0.05, 0) is 23.6 Å². The van der Waals surface area contributed by atoms with Gasteiger partial charge in [-0.25, -0.2) is 4.79 Å². The molecule has 5 heteroatoms. The van der Waals surface area contributed by atoms with Gasteiger partial charge >= 0.3 is 6.09 Å². The lowest BCUT2D eigenvalue weighted by molar-refractivity contribution is 0.0881. The predicted octanol–water partition coefficient (Wildman–Crippen LogP) is 3.22. The van der Waals surface area contributed by atoms with Crippen molar-refractivity contribution in [2.75, 3.05) is 0 Å². The van der Waals surface area contributed by atoms with Crippen molar-refractivity contribution in [3.8, 4) is 0 Å². The maximum absolute atomic E-state index is 12.5. The zero-order valence-corrected chi connectivity index (χ0v) is 13.2. The Kier molecular flexibility index (Phi) is 5.86. The number of hydrogen-bond acceptors (Lipinski definition) is 4. The van der Waals surface area contributed by atoms with Gasteiger partial charge in [-0.1, -0.05) is 50.2 Å². The fraction of sp³-hybridized carbons (Fsp3) is 0.278. The number of nitrogens with zero attached hydrogens (tertiary/aromatic N) is 1. The van der Waals surface area contributed by atoms with Crippen LogP contribution in [-0.2, 0) is 11.3 Å². The third-order valence-electron chi connectivity index (χ3n) is 3.35. The summed E-state index contributed by atoms with van der Waals surface area (Å²) in [6.45, 7) is 3.89. The molecule has 1 aromatic heterocycles. The minimum absolute atomic E-state index is 0.0752. The normalized spacial score (nSPS) is 11.8. The molecule has 0 fully saturated rings. The van der Waals surface area contributed by atoms with Crippen LogP contribution in [0.2, 0.25) is 0 Å². The highest BCUT2D eigenvalue weighted by molar-refractivity contribution is 6.00. The summed E-state index contributed by atoms with van der Waals surface area (Å²) in [5, 5.41) is 2.63. The van der Waals surface area contributed by atoms with Crippen molar-refractivity contribution in [2.45, 2.75) is 26.5 Å². The van der Waals surface area contributed by atoms with E-state index < -0.39 is 12.1 Å². The van der Waals surface area contributed by atoms with Crippen molar-refractivity contribution >= 4 is 11.9 Å². The van der Waals surface area contributed by atoms with Crippen LogP contribution in [-0.4, -0.2) is 22.9 Å². The zero-order valence-electron chi connectivity index (χ0n) is 13.2. The standard InChI is InChI=1S/C18H20N2O3/c1-13(2)16(17(21)15-10-6-7-11-19-15)20-18(22)23-12-14-8-4-3-5-9-14/h3-11,13,16H,12H2,1-2H3,(H,20,22)/t16-/m0/s1. The molecule has 0 aliphatic rings. The number of Topliss-reactive ketones (excluding diaryl/α,β-unsaturated/α-hetero) is 1. The monoisotopic (exact) mass is 312 g/mol. The van der Waals surface area contributed by atoms with Gasteiger partial charge in [0.2, 0.25) is 5.78 Å². The largest absolute Gasteiger partial charge is 0.445 e. The van der Waals surface area contributed by atoms with E-state index in [1.807, 2.05) is 44.2 Å². The van der Waals surface area contributed by atoms with Gasteiger partial charge in [0.15, 0.2) is 0 Å². The lowest BCUT2D eigenvalue weighted by Crippen LogP contribution is -2.44. The van der Waals surface area contributed by atoms with Gasteiger partial charge in [0.05, 0.1) is 6.04 Å². The Morgan fingerprint density at radius 2 is 1.78 bits per heavy atom. The Morgan fingerprint density at radius 3 is 2.39 bits per heavy atom. The SMILES string of the molecule is CC(C)[C@H](NC(=O)OCc1ccccc1)C(=O)c1ccccn1. The van der Waals surface area contributed by atoms with Crippen LogP contribution in [0.4, 0.5) is 4.79 Å². The first-order valence-corrected chi connectivity index (χ1v) is 7.50. The van der Waals surface area contributed by atoms with E-state index in [0.717, 1.165) is 5.56 Å². The summed E-state index contributed by atoms with van der Waals surface area (Å²) in [6, 6.07) is 13.8. The maximum atomic E-state index is 12.5. The first kappa shape index (κ1) is 16.7. The lowest BCUT2D eigenvalue weighted by Gasteiger charge is -2.20. The smallest absolute Gasteiger partial charge is 0.408 e. The molecule has 0 saturated heterocycles. The molecule has 0 bridgehead atoms. The first-order chi connectivity index (χ1) is 11.1. The van der Waals surface area contributed by atoms with Gasteiger partial charge in [-0.3, -0.25) is 9.78 Å². The number of carbonyl (C=O) groups excluding carboxylic acids is 2. The van der Waals surface area contributed by atoms with Crippen molar-refractivity contribution in [3.63, 3.8) is 0 Å². The molecule has 1 aromatic carbocycles. The second kappa shape index (κ2) is 8.08. The van der Waals surface area contributed by atoms with Gasteiger partial charge < -0.3 is 10.1 Å². The Bertz CT molecular complexity index is 642. The Balaban J connectivity index is 1.96. The molecule has 1 heterocycles. The molecule has 5 nitrogen and oxygen atoms in total. The van der Waals surface area contributed by atoms with E-state index in [1.54, 1.807) is 24.4 Å². The summed E-state index contributed by atoms with van der Waals surface area (Å²) in [4.78, 5) is 28.5. The molecule has 1 amide bonds. The zero-order chi connectivity index (χ0) is 16.7. The van der Waals surface area contributed by atoms with Gasteiger partial charge in [0, 0.05) is 6.20 Å². The first-order valence-electron chi connectivity index (χ1n) is 7.50. The van der Waals surface area contributed by atoms with E-state index in [1.165, 1.54) is 0 Å². The molecule has 0 unspecified atom stereocenters. The van der Waals surface area contributed by atoms with Crippen LogP contribution in [0.1, 0.15) is 29.9 Å². The van der Waals surface area contributed by atoms with Gasteiger partial charge in [0.25, 0.3) is 0 Å². The van der Waals surface area contributed by atoms with Crippen molar-refractivity contribution in [1.82, 2.24) is 10.3 Å². The molecule has 1 N–H and O–H groups in total. The molecular formula is C18H20N2O3. The summed E-state index contributed by atoms with van der Waals surface area (Å²) < 4.78 is 5.17. The van der Waals surface area contributed by atoms with E-state index in [2.05, 4.69) is 10.3 Å². The Hall–Kier alpha value is -2.69. The van der Waals surface area contributed by atoms with Crippen LogP contribution in [0.15, 0.2) is 54.7 Å². The van der Waals surface area contributed by atoms with E-state index in [0.29, 0.717) is 5.69 Å². The van der Waals surface area contributed by atoms with Crippen LogP contribution >= 0.6 is 0 Å². The number of aromatic nitrogens is 1. The number of amides is 1. The van der Waals surface area contributed by atoms with Crippen LogP contribution < -0.4 is 5.32 Å². The number of carbonyl (C=O) groups is 2. The summed E-state index contributed by atoms with van der Waals surface area (Å²) in [6.07, 6.45) is 0.940. The van der Waals surface area contributed by atoms with Gasteiger partial charge in [-0.2, -0.15) is 0 Å². The average Bonchev–Trinajstić information content (AvgIpc) is 2.58. The molecule has 0 radical (unpaired) electrons. The van der Waals surface area contributed by atoms with Crippen LogP contribution in [0.5, 0.6) is 0 Å². The Morgan fingerprint density at radius 1 is 1.09 bits per heavy atom. The maximum Gasteiger partial charge on any atom is 0.408 e. The summed E-state index contributed by atoms with van der Waals surface area (Å²) in [7, 11) is 0. The Labute approximate surface area is 135 Å². The summed E-state index contributed by atoms with van der Waals surface area (Å²) in [5.74, 6) is -0.300. The van der Waals surface area contributed by atoms with Gasteiger partial charge in [-0.15, -0.1) is 0 Å². The molecule has 23 heavy (non-hydrogen) atoms. The molecule has 0 aliphatic carbocycles. The third-order valence-corrected chi connectivity index (χ3v) is 3.35. The number of pyridine rings is 1. The molecule has 0 aliphatic heterocycles. The van der Waals surface area contributed by atoms with Crippen LogP contribution in [0, 0.1) is 5.92 Å². The highest BCUT2D eigenvalue weighted by Crippen LogP contribution is 2.09. The van der Waals surface area contributed by atoms with E-state index >= 15 is 0 Å². The number of alkyl carbamates (subject to hydrolysis) is 1. The summed E-state index contributed by atoms with van der Waals surface area (Å²) in [5.41, 5.74) is 1.22. The number of hydrogen-bond donors (Lipinski definition) is 1. The fourth-order valence-electron chi connectivity index (χ4n) is 2.09. The summed E-state index contributed by atoms with van der Waals surface area (Å²) >= 11 is 0. The van der Waals surface area contributed by atoms with Crippen molar-refractivity contribution in [1.29, 1.82) is 0 Å². The topological polar surface area (TPSA) is 68.3 Å². The van der Waals surface area contributed by atoms with Crippen LogP contribution in [0.25, 0.3) is 0 Å². The average molecular weight is 312 g/mol. The predicted molar refractivity (Wildman–Crippen MR) is 87.0 cm³/mol.